The molecule has 0 fully saturated rings. The third kappa shape index (κ3) is 3.18. The van der Waals surface area contributed by atoms with Crippen LogP contribution in [0.25, 0.3) is 0 Å². The van der Waals surface area contributed by atoms with Crippen LogP contribution in [0.4, 0.5) is 5.69 Å². The van der Waals surface area contributed by atoms with Gasteiger partial charge in [-0.25, -0.2) is 0 Å². The van der Waals surface area contributed by atoms with Gasteiger partial charge in [-0.05, 0) is 18.6 Å². The number of aliphatic hydroxyl groups is 2. The van der Waals surface area contributed by atoms with Crippen molar-refractivity contribution >= 4 is 5.69 Å². The van der Waals surface area contributed by atoms with E-state index in [1.165, 1.54) is 0 Å². The summed E-state index contributed by atoms with van der Waals surface area (Å²) >= 11 is 0. The molecule has 0 saturated carbocycles. The van der Waals surface area contributed by atoms with Crippen molar-refractivity contribution in [3.63, 3.8) is 0 Å². The second-order valence-electron chi connectivity index (χ2n) is 3.51. The second kappa shape index (κ2) is 5.68. The van der Waals surface area contributed by atoms with Gasteiger partial charge < -0.3 is 15.1 Å². The topological polar surface area (TPSA) is 56.6 Å². The SMILES string of the molecule is CC[C@@H](O)c1ccc(N(C)CCO)cn1. The molecule has 0 aliphatic rings. The summed E-state index contributed by atoms with van der Waals surface area (Å²) in [4.78, 5) is 6.09. The van der Waals surface area contributed by atoms with Gasteiger partial charge in [0.05, 0.1) is 30.3 Å². The minimum Gasteiger partial charge on any atom is -0.395 e. The summed E-state index contributed by atoms with van der Waals surface area (Å²) in [7, 11) is 1.89. The van der Waals surface area contributed by atoms with Crippen molar-refractivity contribution in [1.29, 1.82) is 0 Å². The van der Waals surface area contributed by atoms with Crippen molar-refractivity contribution in [2.24, 2.45) is 0 Å². The lowest BCUT2D eigenvalue weighted by atomic mass is 10.2. The Morgan fingerprint density at radius 2 is 2.20 bits per heavy atom. The van der Waals surface area contributed by atoms with Crippen LogP contribution in [0, 0.1) is 0 Å². The molecule has 4 nitrogen and oxygen atoms in total. The highest BCUT2D eigenvalue weighted by Gasteiger charge is 2.06. The first-order chi connectivity index (χ1) is 7.19. The number of nitrogens with zero attached hydrogens (tertiary/aromatic N) is 2. The third-order valence-electron chi connectivity index (χ3n) is 2.38. The first-order valence-corrected chi connectivity index (χ1v) is 5.15. The number of hydrogen-bond donors (Lipinski definition) is 2. The van der Waals surface area contributed by atoms with Gasteiger partial charge in [0.15, 0.2) is 0 Å². The molecular weight excluding hydrogens is 192 g/mol. The van der Waals surface area contributed by atoms with Gasteiger partial charge >= 0.3 is 0 Å². The molecule has 2 N–H and O–H groups in total. The fourth-order valence-electron chi connectivity index (χ4n) is 1.31. The molecule has 1 rings (SSSR count). The lowest BCUT2D eigenvalue weighted by Gasteiger charge is -2.18. The van der Waals surface area contributed by atoms with E-state index >= 15 is 0 Å². The first kappa shape index (κ1) is 11.9. The van der Waals surface area contributed by atoms with Gasteiger partial charge in [-0.3, -0.25) is 4.98 Å². The zero-order chi connectivity index (χ0) is 11.3. The Kier molecular flexibility index (Phi) is 4.52. The molecule has 0 amide bonds. The number of likely N-dealkylation sites (N-methyl/N-ethyl adjacent to an activating group) is 1. The molecule has 84 valence electrons. The fraction of sp³-hybridized carbons (Fsp3) is 0.545. The van der Waals surface area contributed by atoms with Crippen molar-refractivity contribution < 1.29 is 10.2 Å². The van der Waals surface area contributed by atoms with E-state index in [9.17, 15) is 5.11 Å². The molecule has 0 spiro atoms. The smallest absolute Gasteiger partial charge is 0.0957 e. The molecular formula is C11H18N2O2. The molecule has 4 heteroatoms. The first-order valence-electron chi connectivity index (χ1n) is 5.15. The molecule has 1 heterocycles. The maximum absolute atomic E-state index is 9.55. The Morgan fingerprint density at radius 1 is 1.47 bits per heavy atom. The Bertz CT molecular complexity index is 287. The Morgan fingerprint density at radius 3 is 2.67 bits per heavy atom. The van der Waals surface area contributed by atoms with Crippen LogP contribution in [0.15, 0.2) is 18.3 Å². The predicted octanol–water partition coefficient (Wildman–Crippen LogP) is 0.954. The molecule has 0 saturated heterocycles. The molecule has 1 aromatic heterocycles. The summed E-state index contributed by atoms with van der Waals surface area (Å²) in [5.74, 6) is 0. The summed E-state index contributed by atoms with van der Waals surface area (Å²) in [6.07, 6.45) is 1.89. The maximum atomic E-state index is 9.55. The van der Waals surface area contributed by atoms with Gasteiger partial charge in [0.25, 0.3) is 0 Å². The Hall–Kier alpha value is -1.13. The fourth-order valence-corrected chi connectivity index (χ4v) is 1.31. The largest absolute Gasteiger partial charge is 0.395 e. The van der Waals surface area contributed by atoms with Gasteiger partial charge in [-0.1, -0.05) is 6.92 Å². The van der Waals surface area contributed by atoms with E-state index in [2.05, 4.69) is 4.98 Å². The molecule has 1 aromatic rings. The molecule has 0 aliphatic heterocycles. The van der Waals surface area contributed by atoms with Crippen molar-refractivity contribution in [1.82, 2.24) is 4.98 Å². The summed E-state index contributed by atoms with van der Waals surface area (Å²) in [5.41, 5.74) is 1.63. The van der Waals surface area contributed by atoms with Crippen LogP contribution >= 0.6 is 0 Å². The molecule has 0 radical (unpaired) electrons. The van der Waals surface area contributed by atoms with Crippen LogP contribution in [0.5, 0.6) is 0 Å². The highest BCUT2D eigenvalue weighted by atomic mass is 16.3. The van der Waals surface area contributed by atoms with E-state index in [0.29, 0.717) is 18.7 Å². The maximum Gasteiger partial charge on any atom is 0.0957 e. The van der Waals surface area contributed by atoms with Gasteiger partial charge in [-0.2, -0.15) is 0 Å². The monoisotopic (exact) mass is 210 g/mol. The average Bonchev–Trinajstić information content (AvgIpc) is 2.28. The van der Waals surface area contributed by atoms with E-state index < -0.39 is 6.10 Å². The van der Waals surface area contributed by atoms with Crippen molar-refractivity contribution in [3.05, 3.63) is 24.0 Å². The van der Waals surface area contributed by atoms with Crippen LogP contribution < -0.4 is 4.90 Å². The van der Waals surface area contributed by atoms with Crippen LogP contribution in [0.1, 0.15) is 25.1 Å². The predicted molar refractivity (Wildman–Crippen MR) is 59.8 cm³/mol. The van der Waals surface area contributed by atoms with E-state index in [-0.39, 0.29) is 6.61 Å². The molecule has 0 aromatic carbocycles. The summed E-state index contributed by atoms with van der Waals surface area (Å²) < 4.78 is 0. The Balaban J connectivity index is 2.71. The van der Waals surface area contributed by atoms with Crippen molar-refractivity contribution in [3.8, 4) is 0 Å². The van der Waals surface area contributed by atoms with Gasteiger partial charge in [0.2, 0.25) is 0 Å². The highest BCUT2D eigenvalue weighted by molar-refractivity contribution is 5.43. The van der Waals surface area contributed by atoms with Crippen molar-refractivity contribution in [2.45, 2.75) is 19.4 Å². The standard InChI is InChI=1S/C11H18N2O2/c1-3-11(15)10-5-4-9(8-12-10)13(2)6-7-14/h4-5,8,11,14-15H,3,6-7H2,1-2H3/t11-/m1/s1. The minimum absolute atomic E-state index is 0.121. The number of pyridine rings is 1. The number of aliphatic hydroxyl groups excluding tert-OH is 2. The van der Waals surface area contributed by atoms with Crippen molar-refractivity contribution in [2.75, 3.05) is 25.1 Å². The van der Waals surface area contributed by atoms with Crippen LogP contribution in [0.2, 0.25) is 0 Å². The molecule has 0 bridgehead atoms. The normalized spacial score (nSPS) is 12.5. The summed E-state index contributed by atoms with van der Waals surface area (Å²) in [6, 6.07) is 3.72. The van der Waals surface area contributed by atoms with E-state index in [4.69, 9.17) is 5.11 Å². The second-order valence-corrected chi connectivity index (χ2v) is 3.51. The zero-order valence-electron chi connectivity index (χ0n) is 9.22. The number of rotatable bonds is 5. The zero-order valence-corrected chi connectivity index (χ0v) is 9.22. The van der Waals surface area contributed by atoms with E-state index in [1.54, 1.807) is 6.20 Å². The van der Waals surface area contributed by atoms with Gasteiger partial charge in [-0.15, -0.1) is 0 Å². The molecule has 15 heavy (non-hydrogen) atoms. The number of hydrogen-bond acceptors (Lipinski definition) is 4. The van der Waals surface area contributed by atoms with Crippen LogP contribution in [-0.4, -0.2) is 35.4 Å². The number of anilines is 1. The van der Waals surface area contributed by atoms with Gasteiger partial charge in [0, 0.05) is 13.6 Å². The lowest BCUT2D eigenvalue weighted by Crippen LogP contribution is -2.21. The molecule has 0 aliphatic carbocycles. The average molecular weight is 210 g/mol. The summed E-state index contributed by atoms with van der Waals surface area (Å²) in [6.45, 7) is 2.62. The molecule has 0 unspecified atom stereocenters. The number of aromatic nitrogens is 1. The lowest BCUT2D eigenvalue weighted by molar-refractivity contribution is 0.169. The molecule has 1 atom stereocenters. The highest BCUT2D eigenvalue weighted by Crippen LogP contribution is 2.17. The van der Waals surface area contributed by atoms with Crippen LogP contribution in [-0.2, 0) is 0 Å². The van der Waals surface area contributed by atoms with Gasteiger partial charge in [0.1, 0.15) is 0 Å². The quantitative estimate of drug-likeness (QED) is 0.760. The van der Waals surface area contributed by atoms with Crippen LogP contribution in [0.3, 0.4) is 0 Å². The van der Waals surface area contributed by atoms with E-state index in [0.717, 1.165) is 5.69 Å². The Labute approximate surface area is 90.2 Å². The van der Waals surface area contributed by atoms with E-state index in [1.807, 2.05) is 31.0 Å². The summed E-state index contributed by atoms with van der Waals surface area (Å²) in [5, 5.41) is 18.3. The third-order valence-corrected chi connectivity index (χ3v) is 2.38. The minimum atomic E-state index is -0.484.